The van der Waals surface area contributed by atoms with Gasteiger partial charge in [-0.25, -0.2) is 4.98 Å². The van der Waals surface area contributed by atoms with E-state index in [-0.39, 0.29) is 11.2 Å². The minimum atomic E-state index is -0.138. The molecule has 0 bridgehead atoms. The maximum Gasteiger partial charge on any atom is 0.229 e. The van der Waals surface area contributed by atoms with Crippen molar-refractivity contribution in [3.63, 3.8) is 0 Å². The number of anilines is 4. The summed E-state index contributed by atoms with van der Waals surface area (Å²) < 4.78 is 0. The van der Waals surface area contributed by atoms with Gasteiger partial charge in [0.2, 0.25) is 5.95 Å². The molecule has 0 aliphatic heterocycles. The van der Waals surface area contributed by atoms with Gasteiger partial charge in [-0.3, -0.25) is 4.79 Å². The van der Waals surface area contributed by atoms with E-state index >= 15 is 0 Å². The minimum absolute atomic E-state index is 0.0599. The number of carbonyl (C=O) groups excluding carboxylic acids is 1. The van der Waals surface area contributed by atoms with Gasteiger partial charge in [0.1, 0.15) is 5.82 Å². The molecule has 31 heavy (non-hydrogen) atoms. The molecule has 160 valence electrons. The van der Waals surface area contributed by atoms with Crippen molar-refractivity contribution in [3.05, 3.63) is 69.4 Å². The minimum Gasteiger partial charge on any atom is -0.339 e. The summed E-state index contributed by atoms with van der Waals surface area (Å²) in [5.41, 5.74) is 6.30. The summed E-state index contributed by atoms with van der Waals surface area (Å²) in [5, 5.41) is 7.28. The van der Waals surface area contributed by atoms with Crippen molar-refractivity contribution >= 4 is 40.5 Å². The van der Waals surface area contributed by atoms with Gasteiger partial charge in [-0.15, -0.1) is 0 Å². The average molecular weight is 435 g/mol. The Morgan fingerprint density at radius 3 is 2.23 bits per heavy atom. The third-order valence-electron chi connectivity index (χ3n) is 5.75. The molecule has 0 atom stereocenters. The van der Waals surface area contributed by atoms with E-state index in [0.29, 0.717) is 35.2 Å². The van der Waals surface area contributed by atoms with Crippen molar-refractivity contribution in [1.29, 1.82) is 0 Å². The van der Waals surface area contributed by atoms with Crippen LogP contribution in [0.2, 0.25) is 5.02 Å². The molecule has 0 saturated heterocycles. The smallest absolute Gasteiger partial charge is 0.229 e. The largest absolute Gasteiger partial charge is 0.339 e. The molecule has 0 unspecified atom stereocenters. The Morgan fingerprint density at radius 2 is 1.55 bits per heavy atom. The van der Waals surface area contributed by atoms with Crippen molar-refractivity contribution in [2.24, 2.45) is 5.41 Å². The van der Waals surface area contributed by atoms with Crippen LogP contribution in [0.1, 0.15) is 53.0 Å². The SMILES string of the molecule is Cc1ccc(Nc2nc3c(c(Nc4ccc(C)c(Cl)c4)n2)C(=O)CC(C)(C)C3)cc1C. The second kappa shape index (κ2) is 7.97. The fraction of sp³-hybridized carbons (Fsp3) is 0.320. The fourth-order valence-electron chi connectivity index (χ4n) is 3.87. The van der Waals surface area contributed by atoms with Crippen LogP contribution in [0.4, 0.5) is 23.1 Å². The van der Waals surface area contributed by atoms with Crippen LogP contribution in [0.5, 0.6) is 0 Å². The van der Waals surface area contributed by atoms with E-state index in [2.05, 4.69) is 55.4 Å². The number of hydrogen-bond acceptors (Lipinski definition) is 5. The predicted octanol–water partition coefficient (Wildman–Crippen LogP) is 6.70. The second-order valence-electron chi connectivity index (χ2n) is 9.17. The fourth-order valence-corrected chi connectivity index (χ4v) is 4.05. The van der Waals surface area contributed by atoms with Crippen molar-refractivity contribution in [2.45, 2.75) is 47.5 Å². The van der Waals surface area contributed by atoms with Gasteiger partial charge >= 0.3 is 0 Å². The van der Waals surface area contributed by atoms with E-state index in [0.717, 1.165) is 22.6 Å². The molecule has 1 aromatic heterocycles. The van der Waals surface area contributed by atoms with Crippen molar-refractivity contribution < 1.29 is 4.79 Å². The predicted molar refractivity (Wildman–Crippen MR) is 127 cm³/mol. The lowest BCUT2D eigenvalue weighted by atomic mass is 9.75. The summed E-state index contributed by atoms with van der Waals surface area (Å²) in [7, 11) is 0. The van der Waals surface area contributed by atoms with Crippen LogP contribution in [-0.4, -0.2) is 15.8 Å². The highest BCUT2D eigenvalue weighted by Gasteiger charge is 2.35. The van der Waals surface area contributed by atoms with Crippen LogP contribution in [0.25, 0.3) is 0 Å². The van der Waals surface area contributed by atoms with Gasteiger partial charge in [0.05, 0.1) is 11.3 Å². The topological polar surface area (TPSA) is 66.9 Å². The maximum atomic E-state index is 13.0. The molecular weight excluding hydrogens is 408 g/mol. The molecule has 0 saturated carbocycles. The van der Waals surface area contributed by atoms with Gasteiger partial charge in [0.25, 0.3) is 0 Å². The lowest BCUT2D eigenvalue weighted by Gasteiger charge is -2.30. The van der Waals surface area contributed by atoms with Gasteiger partial charge in [-0.1, -0.05) is 37.6 Å². The third-order valence-corrected chi connectivity index (χ3v) is 6.15. The zero-order chi connectivity index (χ0) is 22.3. The van der Waals surface area contributed by atoms with Gasteiger partial charge in [-0.2, -0.15) is 4.98 Å². The summed E-state index contributed by atoms with van der Waals surface area (Å²) in [4.78, 5) is 22.4. The molecule has 1 heterocycles. The van der Waals surface area contributed by atoms with Crippen LogP contribution in [0.15, 0.2) is 36.4 Å². The van der Waals surface area contributed by atoms with Crippen LogP contribution >= 0.6 is 11.6 Å². The third kappa shape index (κ3) is 4.57. The van der Waals surface area contributed by atoms with Crippen molar-refractivity contribution in [2.75, 3.05) is 10.6 Å². The summed E-state index contributed by atoms with van der Waals surface area (Å²) in [6, 6.07) is 11.9. The van der Waals surface area contributed by atoms with E-state index in [1.165, 1.54) is 11.1 Å². The molecule has 5 nitrogen and oxygen atoms in total. The zero-order valence-corrected chi connectivity index (χ0v) is 19.3. The second-order valence-corrected chi connectivity index (χ2v) is 9.58. The van der Waals surface area contributed by atoms with Gasteiger partial charge < -0.3 is 10.6 Å². The van der Waals surface area contributed by atoms with Gasteiger partial charge in [0.15, 0.2) is 5.78 Å². The number of hydrogen-bond donors (Lipinski definition) is 2. The molecule has 0 radical (unpaired) electrons. The van der Waals surface area contributed by atoms with Crippen LogP contribution in [0, 0.1) is 26.2 Å². The van der Waals surface area contributed by atoms with Gasteiger partial charge in [0, 0.05) is 22.8 Å². The quantitative estimate of drug-likeness (QED) is 0.478. The number of aromatic nitrogens is 2. The van der Waals surface area contributed by atoms with Crippen LogP contribution < -0.4 is 10.6 Å². The zero-order valence-electron chi connectivity index (χ0n) is 18.6. The summed E-state index contributed by atoms with van der Waals surface area (Å²) >= 11 is 6.30. The number of rotatable bonds is 4. The number of nitrogens with zero attached hydrogens (tertiary/aromatic N) is 2. The molecule has 1 aliphatic rings. The maximum absolute atomic E-state index is 13.0. The molecule has 4 rings (SSSR count). The monoisotopic (exact) mass is 434 g/mol. The van der Waals surface area contributed by atoms with Crippen LogP contribution in [0.3, 0.4) is 0 Å². The number of aryl methyl sites for hydroxylation is 3. The number of carbonyl (C=O) groups is 1. The lowest BCUT2D eigenvalue weighted by molar-refractivity contribution is 0.0911. The standard InChI is InChI=1S/C25H27ClN4O/c1-14-6-8-17(10-16(14)3)28-24-29-20-12-25(4,5)13-21(31)22(20)23(30-24)27-18-9-7-15(2)19(26)11-18/h6-11H,12-13H2,1-5H3,(H2,27,28,29,30). The normalized spacial score (nSPS) is 14.8. The van der Waals surface area contributed by atoms with E-state index in [9.17, 15) is 4.79 Å². The first-order valence-electron chi connectivity index (χ1n) is 10.4. The molecule has 0 amide bonds. The number of fused-ring (bicyclic) bond motifs is 1. The highest BCUT2D eigenvalue weighted by atomic mass is 35.5. The Bertz CT molecular complexity index is 1190. The van der Waals surface area contributed by atoms with E-state index in [1.54, 1.807) is 0 Å². The lowest BCUT2D eigenvalue weighted by Crippen LogP contribution is -2.29. The number of ketones is 1. The molecule has 2 aromatic carbocycles. The van der Waals surface area contributed by atoms with Crippen LogP contribution in [-0.2, 0) is 6.42 Å². The molecular formula is C25H27ClN4O. The van der Waals surface area contributed by atoms with Crippen molar-refractivity contribution in [3.8, 4) is 0 Å². The number of halogens is 1. The Kier molecular flexibility index (Phi) is 5.48. The summed E-state index contributed by atoms with van der Waals surface area (Å²) in [5.74, 6) is 1.04. The Hall–Kier alpha value is -2.92. The molecule has 2 N–H and O–H groups in total. The number of benzene rings is 2. The van der Waals surface area contributed by atoms with E-state index in [4.69, 9.17) is 16.6 Å². The van der Waals surface area contributed by atoms with Crippen molar-refractivity contribution in [1.82, 2.24) is 9.97 Å². The number of Topliss-reactive ketones (excluding diaryl/α,β-unsaturated/α-hetero) is 1. The highest BCUT2D eigenvalue weighted by Crippen LogP contribution is 2.38. The molecule has 6 heteroatoms. The summed E-state index contributed by atoms with van der Waals surface area (Å²) in [6.07, 6.45) is 1.18. The summed E-state index contributed by atoms with van der Waals surface area (Å²) in [6.45, 7) is 10.3. The van der Waals surface area contributed by atoms with E-state index < -0.39 is 0 Å². The Morgan fingerprint density at radius 1 is 0.871 bits per heavy atom. The number of nitrogens with one attached hydrogen (secondary N) is 2. The molecule has 0 fully saturated rings. The van der Waals surface area contributed by atoms with E-state index in [1.807, 2.05) is 31.2 Å². The molecule has 3 aromatic rings. The highest BCUT2D eigenvalue weighted by molar-refractivity contribution is 6.31. The molecule has 0 spiro atoms. The van der Waals surface area contributed by atoms with Gasteiger partial charge in [-0.05, 0) is 73.6 Å². The first-order chi connectivity index (χ1) is 14.6. The molecule has 1 aliphatic carbocycles. The average Bonchev–Trinajstić information content (AvgIpc) is 2.66. The first-order valence-corrected chi connectivity index (χ1v) is 10.8. The Balaban J connectivity index is 1.77. The first kappa shape index (κ1) is 21.3. The Labute approximate surface area is 188 Å².